The van der Waals surface area contributed by atoms with E-state index in [1.165, 1.54) is 4.31 Å². The molecule has 6 heteroatoms. The Balaban J connectivity index is 2.30. The lowest BCUT2D eigenvalue weighted by molar-refractivity contribution is 0.296. The van der Waals surface area contributed by atoms with E-state index < -0.39 is 10.0 Å². The minimum absolute atomic E-state index is 0.0885. The SMILES string of the molecule is Cc1cc(Br)cc(S(=O)(=O)N(C)C2CCNCC2)c1. The number of aryl methyl sites for hydroxylation is 1. The van der Waals surface area contributed by atoms with Crippen LogP contribution in [0.25, 0.3) is 0 Å². The van der Waals surface area contributed by atoms with Crippen molar-refractivity contribution in [3.63, 3.8) is 0 Å². The molecule has 1 aliphatic heterocycles. The largest absolute Gasteiger partial charge is 0.317 e. The quantitative estimate of drug-likeness (QED) is 0.911. The molecule has 0 aliphatic carbocycles. The highest BCUT2D eigenvalue weighted by molar-refractivity contribution is 9.10. The number of sulfonamides is 1. The van der Waals surface area contributed by atoms with Gasteiger partial charge in [0.1, 0.15) is 0 Å². The van der Waals surface area contributed by atoms with Crippen LogP contribution in [0.2, 0.25) is 0 Å². The van der Waals surface area contributed by atoms with E-state index in [4.69, 9.17) is 0 Å². The van der Waals surface area contributed by atoms with Gasteiger partial charge in [0.25, 0.3) is 0 Å². The normalized spacial score (nSPS) is 17.9. The first kappa shape index (κ1) is 15.0. The molecule has 0 bridgehead atoms. The average Bonchev–Trinajstić information content (AvgIpc) is 2.37. The first-order chi connectivity index (χ1) is 8.91. The molecule has 0 saturated carbocycles. The first-order valence-corrected chi connectivity index (χ1v) is 8.60. The Bertz CT molecular complexity index is 534. The molecule has 1 saturated heterocycles. The van der Waals surface area contributed by atoms with Crippen LogP contribution in [-0.2, 0) is 10.0 Å². The number of piperidine rings is 1. The van der Waals surface area contributed by atoms with E-state index in [0.29, 0.717) is 4.90 Å². The van der Waals surface area contributed by atoms with Crippen molar-refractivity contribution in [1.82, 2.24) is 9.62 Å². The molecule has 1 aromatic carbocycles. The highest BCUT2D eigenvalue weighted by atomic mass is 79.9. The molecule has 106 valence electrons. The molecule has 1 aliphatic rings. The number of nitrogens with zero attached hydrogens (tertiary/aromatic N) is 1. The number of benzene rings is 1. The highest BCUT2D eigenvalue weighted by Crippen LogP contribution is 2.24. The van der Waals surface area contributed by atoms with Gasteiger partial charge in [-0.15, -0.1) is 0 Å². The molecule has 1 aromatic rings. The van der Waals surface area contributed by atoms with E-state index >= 15 is 0 Å². The Hall–Kier alpha value is -0.430. The van der Waals surface area contributed by atoms with Gasteiger partial charge in [-0.3, -0.25) is 0 Å². The van der Waals surface area contributed by atoms with Gasteiger partial charge in [-0.1, -0.05) is 15.9 Å². The van der Waals surface area contributed by atoms with Gasteiger partial charge < -0.3 is 5.32 Å². The summed E-state index contributed by atoms with van der Waals surface area (Å²) in [6, 6.07) is 5.38. The Kier molecular flexibility index (Phi) is 4.66. The molecule has 0 amide bonds. The van der Waals surface area contributed by atoms with Crippen molar-refractivity contribution in [3.8, 4) is 0 Å². The van der Waals surface area contributed by atoms with Crippen molar-refractivity contribution >= 4 is 26.0 Å². The fraction of sp³-hybridized carbons (Fsp3) is 0.538. The third-order valence-corrected chi connectivity index (χ3v) is 5.86. The standard InChI is InChI=1S/C13H19BrN2O2S/c1-10-7-11(14)9-13(8-10)19(17,18)16(2)12-3-5-15-6-4-12/h7-9,12,15H,3-6H2,1-2H3. The van der Waals surface area contributed by atoms with Crippen LogP contribution in [-0.4, -0.2) is 38.9 Å². The molecular formula is C13H19BrN2O2S. The molecule has 1 heterocycles. The maximum atomic E-state index is 12.6. The molecule has 0 unspecified atom stereocenters. The van der Waals surface area contributed by atoms with Crippen LogP contribution in [0.5, 0.6) is 0 Å². The van der Waals surface area contributed by atoms with Gasteiger partial charge in [0, 0.05) is 17.6 Å². The van der Waals surface area contributed by atoms with E-state index in [0.717, 1.165) is 36.0 Å². The second-order valence-electron chi connectivity index (χ2n) is 4.97. The van der Waals surface area contributed by atoms with Crippen molar-refractivity contribution in [2.45, 2.75) is 30.7 Å². The Morgan fingerprint density at radius 3 is 2.47 bits per heavy atom. The summed E-state index contributed by atoms with van der Waals surface area (Å²) in [6.45, 7) is 3.65. The van der Waals surface area contributed by atoms with Gasteiger partial charge in [-0.2, -0.15) is 4.31 Å². The van der Waals surface area contributed by atoms with E-state index in [9.17, 15) is 8.42 Å². The van der Waals surface area contributed by atoms with Crippen LogP contribution in [0.15, 0.2) is 27.6 Å². The van der Waals surface area contributed by atoms with Crippen molar-refractivity contribution in [3.05, 3.63) is 28.2 Å². The summed E-state index contributed by atoms with van der Waals surface area (Å²) >= 11 is 3.36. The summed E-state index contributed by atoms with van der Waals surface area (Å²) < 4.78 is 27.6. The molecule has 0 radical (unpaired) electrons. The number of halogens is 1. The molecule has 19 heavy (non-hydrogen) atoms. The summed E-state index contributed by atoms with van der Waals surface area (Å²) in [4.78, 5) is 0.361. The predicted molar refractivity (Wildman–Crippen MR) is 79.7 cm³/mol. The lowest BCUT2D eigenvalue weighted by Crippen LogP contribution is -2.43. The summed E-state index contributed by atoms with van der Waals surface area (Å²) in [5.41, 5.74) is 0.937. The molecule has 0 spiro atoms. The number of rotatable bonds is 3. The minimum atomic E-state index is -3.41. The molecule has 1 N–H and O–H groups in total. The summed E-state index contributed by atoms with van der Waals surface area (Å²) in [7, 11) is -1.73. The summed E-state index contributed by atoms with van der Waals surface area (Å²) in [5, 5.41) is 3.25. The number of nitrogens with one attached hydrogen (secondary N) is 1. The Labute approximate surface area is 123 Å². The van der Waals surface area contributed by atoms with Gasteiger partial charge in [0.2, 0.25) is 10.0 Å². The van der Waals surface area contributed by atoms with Gasteiger partial charge >= 0.3 is 0 Å². The van der Waals surface area contributed by atoms with Crippen LogP contribution in [0, 0.1) is 6.92 Å². The maximum Gasteiger partial charge on any atom is 0.243 e. The molecular weight excluding hydrogens is 328 g/mol. The molecule has 1 fully saturated rings. The van der Waals surface area contributed by atoms with E-state index in [1.54, 1.807) is 19.2 Å². The maximum absolute atomic E-state index is 12.6. The van der Waals surface area contributed by atoms with Crippen LogP contribution >= 0.6 is 15.9 Å². The monoisotopic (exact) mass is 346 g/mol. The first-order valence-electron chi connectivity index (χ1n) is 6.37. The van der Waals surface area contributed by atoms with Crippen LogP contribution in [0.3, 0.4) is 0 Å². The average molecular weight is 347 g/mol. The molecule has 4 nitrogen and oxygen atoms in total. The summed E-state index contributed by atoms with van der Waals surface area (Å²) in [6.07, 6.45) is 1.73. The van der Waals surface area contributed by atoms with E-state index in [-0.39, 0.29) is 6.04 Å². The van der Waals surface area contributed by atoms with Crippen LogP contribution in [0.4, 0.5) is 0 Å². The van der Waals surface area contributed by atoms with Crippen molar-refractivity contribution in [2.24, 2.45) is 0 Å². The predicted octanol–water partition coefficient (Wildman–Crippen LogP) is 2.13. The molecule has 0 aromatic heterocycles. The molecule has 2 rings (SSSR count). The van der Waals surface area contributed by atoms with E-state index in [2.05, 4.69) is 21.2 Å². The second-order valence-corrected chi connectivity index (χ2v) is 7.88. The lowest BCUT2D eigenvalue weighted by Gasteiger charge is -2.31. The highest BCUT2D eigenvalue weighted by Gasteiger charge is 2.29. The lowest BCUT2D eigenvalue weighted by atomic mass is 10.1. The fourth-order valence-corrected chi connectivity index (χ4v) is 4.69. The van der Waals surface area contributed by atoms with Crippen molar-refractivity contribution in [2.75, 3.05) is 20.1 Å². The van der Waals surface area contributed by atoms with E-state index in [1.807, 2.05) is 13.0 Å². The van der Waals surface area contributed by atoms with Crippen molar-refractivity contribution < 1.29 is 8.42 Å². The minimum Gasteiger partial charge on any atom is -0.317 e. The third kappa shape index (κ3) is 3.37. The van der Waals surface area contributed by atoms with Gasteiger partial charge in [-0.05, 0) is 56.6 Å². The van der Waals surface area contributed by atoms with Gasteiger partial charge in [0.05, 0.1) is 4.90 Å². The molecule has 0 atom stereocenters. The van der Waals surface area contributed by atoms with Gasteiger partial charge in [0.15, 0.2) is 0 Å². The number of hydrogen-bond donors (Lipinski definition) is 1. The van der Waals surface area contributed by atoms with Crippen LogP contribution in [0.1, 0.15) is 18.4 Å². The fourth-order valence-electron chi connectivity index (χ4n) is 2.38. The zero-order valence-electron chi connectivity index (χ0n) is 11.2. The summed E-state index contributed by atoms with van der Waals surface area (Å²) in [5.74, 6) is 0. The topological polar surface area (TPSA) is 49.4 Å². The second kappa shape index (κ2) is 5.91. The zero-order chi connectivity index (χ0) is 14.0. The smallest absolute Gasteiger partial charge is 0.243 e. The van der Waals surface area contributed by atoms with Gasteiger partial charge in [-0.25, -0.2) is 8.42 Å². The zero-order valence-corrected chi connectivity index (χ0v) is 13.6. The van der Waals surface area contributed by atoms with Crippen LogP contribution < -0.4 is 5.32 Å². The van der Waals surface area contributed by atoms with Crippen molar-refractivity contribution in [1.29, 1.82) is 0 Å². The number of hydrogen-bond acceptors (Lipinski definition) is 3. The third-order valence-electron chi connectivity index (χ3n) is 3.52. The Morgan fingerprint density at radius 2 is 1.89 bits per heavy atom. The Morgan fingerprint density at radius 1 is 1.26 bits per heavy atom.